The van der Waals surface area contributed by atoms with E-state index in [1.807, 2.05) is 24.3 Å². The molecule has 2 bridgehead atoms. The van der Waals surface area contributed by atoms with E-state index in [1.165, 1.54) is 12.8 Å². The minimum absolute atomic E-state index is 0.230. The Hall–Kier alpha value is -2.53. The van der Waals surface area contributed by atoms with Gasteiger partial charge in [0.1, 0.15) is 17.4 Å². The predicted molar refractivity (Wildman–Crippen MR) is 93.8 cm³/mol. The maximum Gasteiger partial charge on any atom is 0.344 e. The Bertz CT molecular complexity index is 947. The Balaban J connectivity index is 1.44. The summed E-state index contributed by atoms with van der Waals surface area (Å²) in [7, 11) is 0. The summed E-state index contributed by atoms with van der Waals surface area (Å²) in [4.78, 5) is 12.3. The Kier molecular flexibility index (Phi) is 3.41. The molecule has 2 saturated heterocycles. The van der Waals surface area contributed by atoms with Crippen molar-refractivity contribution in [2.24, 2.45) is 0 Å². The summed E-state index contributed by atoms with van der Waals surface area (Å²) in [5, 5.41) is 4.48. The third kappa shape index (κ3) is 2.74. The first-order valence-corrected chi connectivity index (χ1v) is 8.78. The van der Waals surface area contributed by atoms with E-state index in [1.54, 1.807) is 18.6 Å². The van der Waals surface area contributed by atoms with Gasteiger partial charge in [-0.3, -0.25) is 0 Å². The number of ether oxygens (including phenoxy) is 1. The number of nitrogens with one attached hydrogen (secondary N) is 1. The second-order valence-electron chi connectivity index (χ2n) is 7.01. The van der Waals surface area contributed by atoms with Crippen molar-refractivity contribution in [2.75, 3.05) is 0 Å². The van der Waals surface area contributed by atoms with Crippen LogP contribution in [0.4, 0.5) is 0 Å². The van der Waals surface area contributed by atoms with Crippen molar-refractivity contribution >= 4 is 11.0 Å². The maximum atomic E-state index is 12.3. The van der Waals surface area contributed by atoms with Crippen LogP contribution in [0.15, 0.2) is 56.5 Å². The largest absolute Gasteiger partial charge is 0.490 e. The van der Waals surface area contributed by atoms with E-state index in [9.17, 15) is 4.79 Å². The molecule has 2 fully saturated rings. The number of piperidine rings is 1. The zero-order chi connectivity index (χ0) is 16.8. The average Bonchev–Trinajstić information content (AvgIpc) is 3.24. The van der Waals surface area contributed by atoms with Crippen LogP contribution in [0.5, 0.6) is 5.75 Å². The standard InChI is InChI=1S/C20H19NO4/c22-20-18(13-5-6-23-11-13)7-12-1-4-16(10-19(12)25-20)24-17-8-14-2-3-15(9-17)21-14/h1,4-7,10-11,14-15,17,21H,2-3,8-9H2/t14-,15+,17-. The number of hydrogen-bond donors (Lipinski definition) is 1. The van der Waals surface area contributed by atoms with Crippen LogP contribution in [0.2, 0.25) is 0 Å². The van der Waals surface area contributed by atoms with E-state index < -0.39 is 0 Å². The fourth-order valence-corrected chi connectivity index (χ4v) is 4.08. The molecular weight excluding hydrogens is 318 g/mol. The van der Waals surface area contributed by atoms with E-state index in [4.69, 9.17) is 13.6 Å². The van der Waals surface area contributed by atoms with Gasteiger partial charge in [-0.15, -0.1) is 0 Å². The highest BCUT2D eigenvalue weighted by molar-refractivity contribution is 5.82. The highest BCUT2D eigenvalue weighted by Gasteiger charge is 2.34. The minimum Gasteiger partial charge on any atom is -0.490 e. The molecule has 0 amide bonds. The molecule has 0 aliphatic carbocycles. The van der Waals surface area contributed by atoms with Gasteiger partial charge < -0.3 is 18.9 Å². The lowest BCUT2D eigenvalue weighted by atomic mass is 10.0. The molecule has 5 nitrogen and oxygen atoms in total. The molecule has 25 heavy (non-hydrogen) atoms. The van der Waals surface area contributed by atoms with Crippen LogP contribution >= 0.6 is 0 Å². The van der Waals surface area contributed by atoms with Crippen LogP contribution in [0.1, 0.15) is 25.7 Å². The van der Waals surface area contributed by atoms with Gasteiger partial charge in [-0.05, 0) is 49.9 Å². The lowest BCUT2D eigenvalue weighted by Crippen LogP contribution is -2.42. The van der Waals surface area contributed by atoms with Crippen LogP contribution in [0.3, 0.4) is 0 Å². The van der Waals surface area contributed by atoms with Crippen molar-refractivity contribution in [3.05, 3.63) is 53.3 Å². The number of hydrogen-bond acceptors (Lipinski definition) is 5. The monoisotopic (exact) mass is 337 g/mol. The third-order valence-electron chi connectivity index (χ3n) is 5.27. The molecule has 5 rings (SSSR count). The van der Waals surface area contributed by atoms with Gasteiger partial charge in [0.2, 0.25) is 0 Å². The van der Waals surface area contributed by atoms with Gasteiger partial charge in [-0.2, -0.15) is 0 Å². The average molecular weight is 337 g/mol. The molecule has 5 heteroatoms. The van der Waals surface area contributed by atoms with Gasteiger partial charge in [0.25, 0.3) is 0 Å². The normalized spacial score (nSPS) is 25.4. The van der Waals surface area contributed by atoms with Crippen LogP contribution in [-0.2, 0) is 0 Å². The fourth-order valence-electron chi connectivity index (χ4n) is 4.08. The van der Waals surface area contributed by atoms with E-state index >= 15 is 0 Å². The number of benzene rings is 1. The lowest BCUT2D eigenvalue weighted by molar-refractivity contribution is 0.137. The summed E-state index contributed by atoms with van der Waals surface area (Å²) in [6.45, 7) is 0. The quantitative estimate of drug-likeness (QED) is 0.738. The van der Waals surface area contributed by atoms with E-state index in [2.05, 4.69) is 5.32 Å². The highest BCUT2D eigenvalue weighted by atomic mass is 16.5. The van der Waals surface area contributed by atoms with Gasteiger partial charge in [-0.25, -0.2) is 4.79 Å². The molecule has 2 aliphatic heterocycles. The smallest absolute Gasteiger partial charge is 0.344 e. The summed E-state index contributed by atoms with van der Waals surface area (Å²) in [5.74, 6) is 0.762. The van der Waals surface area contributed by atoms with Crippen molar-refractivity contribution < 1.29 is 13.6 Å². The Morgan fingerprint density at radius 3 is 2.68 bits per heavy atom. The van der Waals surface area contributed by atoms with Crippen molar-refractivity contribution in [3.8, 4) is 16.9 Å². The first-order chi connectivity index (χ1) is 12.2. The minimum atomic E-state index is -0.369. The van der Waals surface area contributed by atoms with Gasteiger partial charge in [0.15, 0.2) is 0 Å². The Morgan fingerprint density at radius 1 is 1.08 bits per heavy atom. The molecule has 4 heterocycles. The van der Waals surface area contributed by atoms with Crippen LogP contribution in [0, 0.1) is 0 Å². The molecule has 128 valence electrons. The molecule has 0 unspecified atom stereocenters. The third-order valence-corrected chi connectivity index (χ3v) is 5.27. The zero-order valence-electron chi connectivity index (χ0n) is 13.7. The van der Waals surface area contributed by atoms with Gasteiger partial charge in [0, 0.05) is 29.1 Å². The molecule has 2 aromatic heterocycles. The van der Waals surface area contributed by atoms with E-state index in [-0.39, 0.29) is 11.7 Å². The summed E-state index contributed by atoms with van der Waals surface area (Å²) in [6.07, 6.45) is 7.88. The number of rotatable bonds is 3. The summed E-state index contributed by atoms with van der Waals surface area (Å²) >= 11 is 0. The molecule has 1 aromatic carbocycles. The highest BCUT2D eigenvalue weighted by Crippen LogP contribution is 2.31. The van der Waals surface area contributed by atoms with Crippen molar-refractivity contribution in [2.45, 2.75) is 43.9 Å². The molecule has 0 radical (unpaired) electrons. The summed E-state index contributed by atoms with van der Waals surface area (Å²) in [6, 6.07) is 10.5. The van der Waals surface area contributed by atoms with Crippen LogP contribution in [-0.4, -0.2) is 18.2 Å². The van der Waals surface area contributed by atoms with Crippen molar-refractivity contribution in [1.29, 1.82) is 0 Å². The van der Waals surface area contributed by atoms with E-state index in [0.717, 1.165) is 29.5 Å². The molecule has 3 atom stereocenters. The van der Waals surface area contributed by atoms with Gasteiger partial charge >= 0.3 is 5.63 Å². The molecular formula is C20H19NO4. The number of furan rings is 1. The second-order valence-corrected chi connectivity index (χ2v) is 7.01. The zero-order valence-corrected chi connectivity index (χ0v) is 13.7. The van der Waals surface area contributed by atoms with Gasteiger partial charge in [-0.1, -0.05) is 0 Å². The van der Waals surface area contributed by atoms with Crippen molar-refractivity contribution in [3.63, 3.8) is 0 Å². The summed E-state index contributed by atoms with van der Waals surface area (Å²) < 4.78 is 16.7. The van der Waals surface area contributed by atoms with Crippen LogP contribution < -0.4 is 15.7 Å². The maximum absolute atomic E-state index is 12.3. The van der Waals surface area contributed by atoms with E-state index in [0.29, 0.717) is 23.2 Å². The van der Waals surface area contributed by atoms with Crippen molar-refractivity contribution in [1.82, 2.24) is 5.32 Å². The second kappa shape index (κ2) is 5.77. The Labute approximate surface area is 144 Å². The lowest BCUT2D eigenvalue weighted by Gasteiger charge is -2.29. The number of fused-ring (bicyclic) bond motifs is 3. The summed E-state index contributed by atoms with van der Waals surface area (Å²) in [5.41, 5.74) is 1.41. The van der Waals surface area contributed by atoms with Gasteiger partial charge in [0.05, 0.1) is 18.1 Å². The first kappa shape index (κ1) is 14.8. The SMILES string of the molecule is O=c1oc2cc(O[C@@H]3C[C@H]4CC[C@@H](C3)N4)ccc2cc1-c1ccoc1. The molecule has 3 aromatic rings. The first-order valence-electron chi connectivity index (χ1n) is 8.78. The Morgan fingerprint density at radius 2 is 1.92 bits per heavy atom. The fraction of sp³-hybridized carbons (Fsp3) is 0.350. The molecule has 0 spiro atoms. The molecule has 2 aliphatic rings. The van der Waals surface area contributed by atoms with Crippen LogP contribution in [0.25, 0.3) is 22.1 Å². The molecule has 0 saturated carbocycles. The predicted octanol–water partition coefficient (Wildman–Crippen LogP) is 3.71. The topological polar surface area (TPSA) is 64.6 Å². The molecule has 1 N–H and O–H groups in total.